The molecule has 4 rings (SSSR count). The van der Waals surface area contributed by atoms with Crippen LogP contribution < -0.4 is 5.32 Å². The Kier molecular flexibility index (Phi) is 4.91. The number of likely N-dealkylation sites (tertiary alicyclic amines) is 1. The molecule has 0 radical (unpaired) electrons. The van der Waals surface area contributed by atoms with E-state index in [1.165, 1.54) is 5.56 Å². The number of aryl methyl sites for hydroxylation is 1. The third kappa shape index (κ3) is 3.58. The maximum absolute atomic E-state index is 13.2. The molecule has 27 heavy (non-hydrogen) atoms. The molecule has 1 amide bonds. The van der Waals surface area contributed by atoms with E-state index in [-0.39, 0.29) is 11.9 Å². The van der Waals surface area contributed by atoms with Crippen LogP contribution >= 0.6 is 11.3 Å². The van der Waals surface area contributed by atoms with Gasteiger partial charge in [0, 0.05) is 36.4 Å². The standard InChI is InChI=1S/C21H26N4OS/c1-14(2)16-6-8-17(9-7-16)23-18-5-4-10-24(13-18)20(26)19-15(3)22-21-25(19)11-12-27-21/h6-9,11-12,14,18,23H,4-5,10,13H2,1-3H3/t18-/m1/s1. The summed E-state index contributed by atoms with van der Waals surface area (Å²) in [6.45, 7) is 7.86. The molecule has 1 aliphatic heterocycles. The van der Waals surface area contributed by atoms with Crippen molar-refractivity contribution in [2.24, 2.45) is 0 Å². The second-order valence-electron chi connectivity index (χ2n) is 7.61. The van der Waals surface area contributed by atoms with E-state index in [4.69, 9.17) is 0 Å². The van der Waals surface area contributed by atoms with Crippen LogP contribution in [-0.2, 0) is 0 Å². The molecular formula is C21H26N4OS. The van der Waals surface area contributed by atoms with Crippen LogP contribution in [0, 0.1) is 6.92 Å². The first-order valence-corrected chi connectivity index (χ1v) is 10.5. The van der Waals surface area contributed by atoms with Crippen LogP contribution in [-0.4, -0.2) is 39.3 Å². The van der Waals surface area contributed by atoms with Crippen molar-refractivity contribution < 1.29 is 4.79 Å². The molecule has 1 aliphatic rings. The van der Waals surface area contributed by atoms with Gasteiger partial charge in [-0.3, -0.25) is 9.20 Å². The summed E-state index contributed by atoms with van der Waals surface area (Å²) in [4.78, 5) is 20.5. The number of carbonyl (C=O) groups excluding carboxylic acids is 1. The Labute approximate surface area is 164 Å². The number of amides is 1. The average molecular weight is 383 g/mol. The highest BCUT2D eigenvalue weighted by Crippen LogP contribution is 2.23. The minimum Gasteiger partial charge on any atom is -0.381 e. The number of fused-ring (bicyclic) bond motifs is 1. The topological polar surface area (TPSA) is 49.6 Å². The van der Waals surface area contributed by atoms with Crippen LogP contribution in [0.15, 0.2) is 35.8 Å². The molecule has 0 aliphatic carbocycles. The van der Waals surface area contributed by atoms with Gasteiger partial charge in [0.15, 0.2) is 4.96 Å². The Morgan fingerprint density at radius 1 is 1.30 bits per heavy atom. The number of aromatic nitrogens is 2. The number of piperidine rings is 1. The number of thiazole rings is 1. The molecule has 3 aromatic rings. The molecule has 2 aromatic heterocycles. The highest BCUT2D eigenvalue weighted by atomic mass is 32.1. The summed E-state index contributed by atoms with van der Waals surface area (Å²) < 4.78 is 1.92. The lowest BCUT2D eigenvalue weighted by Crippen LogP contribution is -2.45. The maximum Gasteiger partial charge on any atom is 0.272 e. The number of benzene rings is 1. The van der Waals surface area contributed by atoms with Crippen LogP contribution in [0.25, 0.3) is 4.96 Å². The van der Waals surface area contributed by atoms with Gasteiger partial charge < -0.3 is 10.2 Å². The van der Waals surface area contributed by atoms with Crippen LogP contribution in [0.5, 0.6) is 0 Å². The first-order chi connectivity index (χ1) is 13.0. The number of hydrogen-bond donors (Lipinski definition) is 1. The largest absolute Gasteiger partial charge is 0.381 e. The van der Waals surface area contributed by atoms with Gasteiger partial charge in [0.25, 0.3) is 5.91 Å². The predicted molar refractivity (Wildman–Crippen MR) is 111 cm³/mol. The van der Waals surface area contributed by atoms with Crippen molar-refractivity contribution >= 4 is 27.9 Å². The lowest BCUT2D eigenvalue weighted by Gasteiger charge is -2.33. The lowest BCUT2D eigenvalue weighted by molar-refractivity contribution is 0.0707. The maximum atomic E-state index is 13.2. The van der Waals surface area contributed by atoms with Crippen molar-refractivity contribution in [3.05, 3.63) is 52.8 Å². The minimum absolute atomic E-state index is 0.0834. The Hall–Kier alpha value is -2.34. The molecule has 1 saturated heterocycles. The molecule has 6 heteroatoms. The van der Waals surface area contributed by atoms with E-state index in [1.54, 1.807) is 11.3 Å². The number of rotatable bonds is 4. The van der Waals surface area contributed by atoms with Gasteiger partial charge in [-0.15, -0.1) is 11.3 Å². The quantitative estimate of drug-likeness (QED) is 0.720. The zero-order valence-electron chi connectivity index (χ0n) is 16.1. The lowest BCUT2D eigenvalue weighted by atomic mass is 10.0. The first-order valence-electron chi connectivity index (χ1n) is 9.61. The fraction of sp³-hybridized carbons (Fsp3) is 0.429. The summed E-state index contributed by atoms with van der Waals surface area (Å²) in [7, 11) is 0. The van der Waals surface area contributed by atoms with E-state index in [2.05, 4.69) is 48.4 Å². The SMILES string of the molecule is Cc1nc2sccn2c1C(=O)N1CCC[C@@H](Nc2ccc(C(C)C)cc2)C1. The van der Waals surface area contributed by atoms with Crippen LogP contribution in [0.3, 0.4) is 0 Å². The first kappa shape index (κ1) is 18.0. The zero-order valence-corrected chi connectivity index (χ0v) is 16.9. The highest BCUT2D eigenvalue weighted by molar-refractivity contribution is 7.15. The average Bonchev–Trinajstić information content (AvgIpc) is 3.22. The minimum atomic E-state index is 0.0834. The molecule has 1 atom stereocenters. The van der Waals surface area contributed by atoms with Crippen LogP contribution in [0.2, 0.25) is 0 Å². The molecule has 142 valence electrons. The Bertz CT molecular complexity index is 941. The monoisotopic (exact) mass is 382 g/mol. The van der Waals surface area contributed by atoms with E-state index in [0.29, 0.717) is 11.6 Å². The summed E-state index contributed by atoms with van der Waals surface area (Å²) >= 11 is 1.56. The van der Waals surface area contributed by atoms with Gasteiger partial charge in [0.1, 0.15) is 5.69 Å². The van der Waals surface area contributed by atoms with Gasteiger partial charge in [-0.05, 0) is 43.4 Å². The van der Waals surface area contributed by atoms with E-state index in [9.17, 15) is 4.79 Å². The van der Waals surface area contributed by atoms with Gasteiger partial charge in [0.05, 0.1) is 5.69 Å². The zero-order chi connectivity index (χ0) is 19.0. The molecule has 3 heterocycles. The molecule has 0 saturated carbocycles. The highest BCUT2D eigenvalue weighted by Gasteiger charge is 2.28. The number of carbonyl (C=O) groups is 1. The second-order valence-corrected chi connectivity index (χ2v) is 8.49. The molecule has 0 spiro atoms. The summed E-state index contributed by atoms with van der Waals surface area (Å²) in [6.07, 6.45) is 4.02. The smallest absolute Gasteiger partial charge is 0.272 e. The summed E-state index contributed by atoms with van der Waals surface area (Å²) in [5.74, 6) is 0.620. The van der Waals surface area contributed by atoms with E-state index < -0.39 is 0 Å². The van der Waals surface area contributed by atoms with Crippen molar-refractivity contribution in [2.45, 2.75) is 45.6 Å². The van der Waals surface area contributed by atoms with E-state index in [1.807, 2.05) is 27.8 Å². The van der Waals surface area contributed by atoms with Gasteiger partial charge >= 0.3 is 0 Å². The van der Waals surface area contributed by atoms with Gasteiger partial charge in [-0.1, -0.05) is 26.0 Å². The summed E-state index contributed by atoms with van der Waals surface area (Å²) in [5, 5.41) is 5.58. The van der Waals surface area contributed by atoms with Crippen molar-refractivity contribution in [3.63, 3.8) is 0 Å². The summed E-state index contributed by atoms with van der Waals surface area (Å²) in [5.41, 5.74) is 3.98. The number of hydrogen-bond acceptors (Lipinski definition) is 4. The Balaban J connectivity index is 1.47. The molecule has 0 unspecified atom stereocenters. The van der Waals surface area contributed by atoms with E-state index >= 15 is 0 Å². The summed E-state index contributed by atoms with van der Waals surface area (Å²) in [6, 6.07) is 8.93. The fourth-order valence-electron chi connectivity index (χ4n) is 3.78. The third-order valence-corrected chi connectivity index (χ3v) is 6.05. The van der Waals surface area contributed by atoms with Crippen molar-refractivity contribution in [3.8, 4) is 0 Å². The Morgan fingerprint density at radius 3 is 2.81 bits per heavy atom. The van der Waals surface area contributed by atoms with Crippen LogP contribution in [0.4, 0.5) is 5.69 Å². The molecule has 1 aromatic carbocycles. The van der Waals surface area contributed by atoms with Crippen molar-refractivity contribution in [1.29, 1.82) is 0 Å². The third-order valence-electron chi connectivity index (χ3n) is 5.30. The molecule has 0 bridgehead atoms. The van der Waals surface area contributed by atoms with Crippen molar-refractivity contribution in [2.75, 3.05) is 18.4 Å². The normalized spacial score (nSPS) is 17.6. The van der Waals surface area contributed by atoms with Crippen molar-refractivity contribution in [1.82, 2.24) is 14.3 Å². The molecule has 1 N–H and O–H groups in total. The number of anilines is 1. The number of imidazole rings is 1. The Morgan fingerprint density at radius 2 is 2.07 bits per heavy atom. The van der Waals surface area contributed by atoms with E-state index in [0.717, 1.165) is 42.3 Å². The molecular weight excluding hydrogens is 356 g/mol. The van der Waals surface area contributed by atoms with Gasteiger partial charge in [0.2, 0.25) is 0 Å². The molecule has 5 nitrogen and oxygen atoms in total. The van der Waals surface area contributed by atoms with Crippen LogP contribution in [0.1, 0.15) is 54.4 Å². The number of nitrogens with zero attached hydrogens (tertiary/aromatic N) is 3. The molecule has 1 fully saturated rings. The number of nitrogens with one attached hydrogen (secondary N) is 1. The fourth-order valence-corrected chi connectivity index (χ4v) is 4.54. The van der Waals surface area contributed by atoms with Gasteiger partial charge in [-0.2, -0.15) is 0 Å². The van der Waals surface area contributed by atoms with Gasteiger partial charge in [-0.25, -0.2) is 4.98 Å². The second kappa shape index (κ2) is 7.35. The predicted octanol–water partition coefficient (Wildman–Crippen LogP) is 4.54.